The normalized spacial score (nSPS) is 15.4. The van der Waals surface area contributed by atoms with E-state index in [1.165, 1.54) is 13.1 Å². The van der Waals surface area contributed by atoms with Crippen LogP contribution in [0.5, 0.6) is 0 Å². The van der Waals surface area contributed by atoms with E-state index in [0.29, 0.717) is 12.0 Å². The van der Waals surface area contributed by atoms with Crippen LogP contribution in [0.15, 0.2) is 12.4 Å². The molecule has 1 atom stereocenters. The highest BCUT2D eigenvalue weighted by atomic mass is 16.3. The van der Waals surface area contributed by atoms with Crippen LogP contribution in [0, 0.1) is 0 Å². The predicted molar refractivity (Wildman–Crippen MR) is 48.5 cm³/mol. The Morgan fingerprint density at radius 1 is 1.77 bits per heavy atom. The van der Waals surface area contributed by atoms with Gasteiger partial charge < -0.3 is 5.11 Å². The molecule has 0 amide bonds. The molecule has 0 spiro atoms. The minimum atomic E-state index is -1.27. The fourth-order valence-corrected chi connectivity index (χ4v) is 1.01. The molecule has 4 heteroatoms. The van der Waals surface area contributed by atoms with Crippen molar-refractivity contribution >= 4 is 5.78 Å². The van der Waals surface area contributed by atoms with Gasteiger partial charge in [0.05, 0.1) is 11.8 Å². The van der Waals surface area contributed by atoms with Gasteiger partial charge in [-0.2, -0.15) is 5.10 Å². The van der Waals surface area contributed by atoms with E-state index < -0.39 is 5.60 Å². The molecule has 1 aromatic heterocycles. The molecule has 0 aliphatic rings. The van der Waals surface area contributed by atoms with Gasteiger partial charge in [0.15, 0.2) is 5.78 Å². The van der Waals surface area contributed by atoms with Gasteiger partial charge in [0.1, 0.15) is 5.60 Å². The van der Waals surface area contributed by atoms with Crippen LogP contribution in [0.3, 0.4) is 0 Å². The zero-order valence-corrected chi connectivity index (χ0v) is 8.11. The third-order valence-corrected chi connectivity index (χ3v) is 2.14. The summed E-state index contributed by atoms with van der Waals surface area (Å²) in [4.78, 5) is 11.6. The zero-order chi connectivity index (χ0) is 10.1. The van der Waals surface area contributed by atoms with Gasteiger partial charge >= 0.3 is 0 Å². The Hall–Kier alpha value is -1.16. The van der Waals surface area contributed by atoms with Gasteiger partial charge in [0.2, 0.25) is 0 Å². The summed E-state index contributed by atoms with van der Waals surface area (Å²) in [6.07, 6.45) is 3.47. The number of hydrogen-bond donors (Lipinski definition) is 1. The van der Waals surface area contributed by atoms with Crippen LogP contribution in [0.1, 0.15) is 30.6 Å². The second-order valence-electron chi connectivity index (χ2n) is 3.36. The first-order chi connectivity index (χ1) is 5.97. The van der Waals surface area contributed by atoms with E-state index in [2.05, 4.69) is 5.10 Å². The highest BCUT2D eigenvalue weighted by Crippen LogP contribution is 2.15. The number of carbonyl (C=O) groups is 1. The third-order valence-electron chi connectivity index (χ3n) is 2.14. The lowest BCUT2D eigenvalue weighted by Gasteiger charge is -2.17. The molecule has 0 aromatic carbocycles. The second kappa shape index (κ2) is 3.30. The highest BCUT2D eigenvalue weighted by Gasteiger charge is 2.29. The Morgan fingerprint density at radius 3 is 2.77 bits per heavy atom. The van der Waals surface area contributed by atoms with Gasteiger partial charge in [0.25, 0.3) is 0 Å². The van der Waals surface area contributed by atoms with Crippen LogP contribution in [0.4, 0.5) is 0 Å². The molecule has 13 heavy (non-hydrogen) atoms. The first kappa shape index (κ1) is 9.92. The van der Waals surface area contributed by atoms with Crippen molar-refractivity contribution in [3.63, 3.8) is 0 Å². The number of aromatic nitrogens is 2. The molecule has 0 aliphatic heterocycles. The van der Waals surface area contributed by atoms with Crippen LogP contribution >= 0.6 is 0 Å². The summed E-state index contributed by atoms with van der Waals surface area (Å²) < 4.78 is 1.54. The van der Waals surface area contributed by atoms with Crippen LogP contribution in [0.25, 0.3) is 0 Å². The lowest BCUT2D eigenvalue weighted by atomic mass is 9.94. The molecule has 1 heterocycles. The standard InChI is InChI=1S/C9H14N2O2/c1-4-9(2,13)8(12)7-5-10-11(3)6-7/h5-6,13H,4H2,1-3H3. The lowest BCUT2D eigenvalue weighted by molar-refractivity contribution is 0.0390. The van der Waals surface area contributed by atoms with E-state index in [4.69, 9.17) is 0 Å². The molecule has 4 nitrogen and oxygen atoms in total. The SMILES string of the molecule is CCC(C)(O)C(=O)c1cnn(C)c1. The van der Waals surface area contributed by atoms with E-state index in [0.717, 1.165) is 0 Å². The maximum Gasteiger partial charge on any atom is 0.197 e. The molecule has 0 saturated heterocycles. The minimum Gasteiger partial charge on any atom is -0.382 e. The Morgan fingerprint density at radius 2 is 2.38 bits per heavy atom. The zero-order valence-electron chi connectivity index (χ0n) is 8.11. The topological polar surface area (TPSA) is 55.1 Å². The van der Waals surface area contributed by atoms with Gasteiger partial charge in [-0.3, -0.25) is 9.48 Å². The summed E-state index contributed by atoms with van der Waals surface area (Å²) >= 11 is 0. The van der Waals surface area contributed by atoms with Crippen molar-refractivity contribution in [2.24, 2.45) is 7.05 Å². The van der Waals surface area contributed by atoms with E-state index in [9.17, 15) is 9.90 Å². The van der Waals surface area contributed by atoms with Gasteiger partial charge in [-0.1, -0.05) is 6.92 Å². The van der Waals surface area contributed by atoms with Gasteiger partial charge in [-0.05, 0) is 13.3 Å². The smallest absolute Gasteiger partial charge is 0.197 e. The molecule has 0 saturated carbocycles. The van der Waals surface area contributed by atoms with E-state index in [-0.39, 0.29) is 5.78 Å². The first-order valence-corrected chi connectivity index (χ1v) is 4.23. The summed E-state index contributed by atoms with van der Waals surface area (Å²) in [6, 6.07) is 0. The highest BCUT2D eigenvalue weighted by molar-refractivity contribution is 6.01. The first-order valence-electron chi connectivity index (χ1n) is 4.23. The number of aliphatic hydroxyl groups is 1. The summed E-state index contributed by atoms with van der Waals surface area (Å²) in [7, 11) is 1.73. The number of Topliss-reactive ketones (excluding diaryl/α,β-unsaturated/α-hetero) is 1. The van der Waals surface area contributed by atoms with Crippen molar-refractivity contribution in [3.8, 4) is 0 Å². The summed E-state index contributed by atoms with van der Waals surface area (Å²) in [5.74, 6) is -0.275. The van der Waals surface area contributed by atoms with Crippen molar-refractivity contribution in [2.45, 2.75) is 25.9 Å². The van der Waals surface area contributed by atoms with E-state index in [1.54, 1.807) is 24.9 Å². The lowest BCUT2D eigenvalue weighted by Crippen LogP contribution is -2.33. The predicted octanol–water partition coefficient (Wildman–Crippen LogP) is 0.764. The summed E-state index contributed by atoms with van der Waals surface area (Å²) in [6.45, 7) is 3.29. The molecule has 0 radical (unpaired) electrons. The Labute approximate surface area is 77.2 Å². The molecule has 1 rings (SSSR count). The van der Waals surface area contributed by atoms with Crippen LogP contribution < -0.4 is 0 Å². The van der Waals surface area contributed by atoms with Crippen molar-refractivity contribution in [3.05, 3.63) is 18.0 Å². The summed E-state index contributed by atoms with van der Waals surface area (Å²) in [5, 5.41) is 13.5. The van der Waals surface area contributed by atoms with Gasteiger partial charge in [-0.25, -0.2) is 0 Å². The van der Waals surface area contributed by atoms with Gasteiger partial charge in [0, 0.05) is 13.2 Å². The maximum absolute atomic E-state index is 11.6. The molecule has 1 unspecified atom stereocenters. The fourth-order valence-electron chi connectivity index (χ4n) is 1.01. The Bertz CT molecular complexity index is 315. The average Bonchev–Trinajstić information content (AvgIpc) is 2.50. The Balaban J connectivity index is 2.91. The molecule has 0 fully saturated rings. The quantitative estimate of drug-likeness (QED) is 0.702. The number of hydrogen-bond acceptors (Lipinski definition) is 3. The molecular formula is C9H14N2O2. The van der Waals surface area contributed by atoms with Crippen molar-refractivity contribution < 1.29 is 9.90 Å². The van der Waals surface area contributed by atoms with Gasteiger partial charge in [-0.15, -0.1) is 0 Å². The third kappa shape index (κ3) is 1.95. The maximum atomic E-state index is 11.6. The monoisotopic (exact) mass is 182 g/mol. The van der Waals surface area contributed by atoms with Crippen molar-refractivity contribution in [1.82, 2.24) is 9.78 Å². The number of aryl methyl sites for hydroxylation is 1. The number of rotatable bonds is 3. The molecule has 1 aromatic rings. The molecule has 0 aliphatic carbocycles. The molecule has 72 valence electrons. The molecule has 0 bridgehead atoms. The Kier molecular flexibility index (Phi) is 2.52. The summed E-state index contributed by atoms with van der Waals surface area (Å²) in [5.41, 5.74) is -0.822. The second-order valence-corrected chi connectivity index (χ2v) is 3.36. The van der Waals surface area contributed by atoms with Crippen molar-refractivity contribution in [2.75, 3.05) is 0 Å². The number of carbonyl (C=O) groups excluding carboxylic acids is 1. The van der Waals surface area contributed by atoms with Crippen molar-refractivity contribution in [1.29, 1.82) is 0 Å². The molecule has 1 N–H and O–H groups in total. The van der Waals surface area contributed by atoms with Crippen LogP contribution in [-0.2, 0) is 7.05 Å². The van der Waals surface area contributed by atoms with Crippen LogP contribution in [-0.4, -0.2) is 26.3 Å². The average molecular weight is 182 g/mol. The number of nitrogens with zero attached hydrogens (tertiary/aromatic N) is 2. The minimum absolute atomic E-state index is 0.275. The van der Waals surface area contributed by atoms with E-state index in [1.807, 2.05) is 0 Å². The van der Waals surface area contributed by atoms with E-state index >= 15 is 0 Å². The number of ketones is 1. The largest absolute Gasteiger partial charge is 0.382 e. The van der Waals surface area contributed by atoms with Crippen LogP contribution in [0.2, 0.25) is 0 Å². The fraction of sp³-hybridized carbons (Fsp3) is 0.556. The molecular weight excluding hydrogens is 168 g/mol.